The van der Waals surface area contributed by atoms with Gasteiger partial charge in [0.25, 0.3) is 5.91 Å². The largest absolute Gasteiger partial charge is 0.395 e. The average Bonchev–Trinajstić information content (AvgIpc) is 2.60. The standard InChI is InChI=1S/C19H19FN2O2/c20-17-8-9-18(16(13-17)7-4-10-21)19(24)22(11-12-23)14-15-5-2-1-3-6-15/h1-3,5-6,8-9,13,23H,10-12,14,21H2. The quantitative estimate of drug-likeness (QED) is 0.823. The van der Waals surface area contributed by atoms with E-state index in [1.54, 1.807) is 0 Å². The van der Waals surface area contributed by atoms with Crippen molar-refractivity contribution in [3.8, 4) is 11.8 Å². The predicted octanol–water partition coefficient (Wildman–Crippen LogP) is 1.77. The number of hydrogen-bond acceptors (Lipinski definition) is 3. The Morgan fingerprint density at radius 2 is 1.96 bits per heavy atom. The van der Waals surface area contributed by atoms with Crippen LogP contribution in [0.4, 0.5) is 4.39 Å². The number of aliphatic hydroxyl groups excluding tert-OH is 1. The van der Waals surface area contributed by atoms with E-state index in [-0.39, 0.29) is 25.6 Å². The molecule has 0 bridgehead atoms. The highest BCUT2D eigenvalue weighted by atomic mass is 19.1. The Balaban J connectivity index is 2.32. The first-order valence-corrected chi connectivity index (χ1v) is 7.58. The Hall–Kier alpha value is -2.68. The summed E-state index contributed by atoms with van der Waals surface area (Å²) in [5.41, 5.74) is 6.88. The molecule has 5 heteroatoms. The Labute approximate surface area is 140 Å². The van der Waals surface area contributed by atoms with Gasteiger partial charge in [0.1, 0.15) is 5.82 Å². The predicted molar refractivity (Wildman–Crippen MR) is 90.6 cm³/mol. The van der Waals surface area contributed by atoms with Gasteiger partial charge in [0.15, 0.2) is 0 Å². The molecule has 0 aliphatic rings. The molecule has 2 aromatic rings. The number of carbonyl (C=O) groups is 1. The van der Waals surface area contributed by atoms with Crippen LogP contribution in [-0.2, 0) is 6.54 Å². The second-order valence-electron chi connectivity index (χ2n) is 5.13. The lowest BCUT2D eigenvalue weighted by Crippen LogP contribution is -2.33. The molecule has 2 aromatic carbocycles. The molecule has 1 amide bonds. The summed E-state index contributed by atoms with van der Waals surface area (Å²) in [6.07, 6.45) is 0. The fraction of sp³-hybridized carbons (Fsp3) is 0.211. The highest BCUT2D eigenvalue weighted by Gasteiger charge is 2.19. The van der Waals surface area contributed by atoms with E-state index in [9.17, 15) is 14.3 Å². The van der Waals surface area contributed by atoms with Gasteiger partial charge in [-0.15, -0.1) is 0 Å². The van der Waals surface area contributed by atoms with Gasteiger partial charge >= 0.3 is 0 Å². The van der Waals surface area contributed by atoms with Crippen molar-refractivity contribution in [1.82, 2.24) is 4.90 Å². The molecular formula is C19H19FN2O2. The molecular weight excluding hydrogens is 307 g/mol. The SMILES string of the molecule is NCC#Cc1cc(F)ccc1C(=O)N(CCO)Cc1ccccc1. The zero-order valence-corrected chi connectivity index (χ0v) is 13.2. The minimum atomic E-state index is -0.468. The van der Waals surface area contributed by atoms with Crippen LogP contribution in [0.3, 0.4) is 0 Å². The lowest BCUT2D eigenvalue weighted by molar-refractivity contribution is 0.0707. The number of hydrogen-bond donors (Lipinski definition) is 2. The van der Waals surface area contributed by atoms with Gasteiger partial charge in [-0.05, 0) is 23.8 Å². The molecule has 24 heavy (non-hydrogen) atoms. The van der Waals surface area contributed by atoms with Gasteiger partial charge in [-0.25, -0.2) is 4.39 Å². The molecule has 0 unspecified atom stereocenters. The van der Waals surface area contributed by atoms with E-state index in [1.807, 2.05) is 30.3 Å². The fourth-order valence-electron chi connectivity index (χ4n) is 2.30. The molecule has 2 rings (SSSR count). The zero-order chi connectivity index (χ0) is 17.4. The van der Waals surface area contributed by atoms with Crippen molar-refractivity contribution in [3.63, 3.8) is 0 Å². The average molecular weight is 326 g/mol. The smallest absolute Gasteiger partial charge is 0.255 e. The summed E-state index contributed by atoms with van der Waals surface area (Å²) in [4.78, 5) is 14.3. The summed E-state index contributed by atoms with van der Waals surface area (Å²) in [6, 6.07) is 13.3. The van der Waals surface area contributed by atoms with Crippen LogP contribution in [0.2, 0.25) is 0 Å². The summed E-state index contributed by atoms with van der Waals surface area (Å²) in [7, 11) is 0. The number of amides is 1. The van der Waals surface area contributed by atoms with Crippen molar-refractivity contribution in [3.05, 3.63) is 71.0 Å². The van der Waals surface area contributed by atoms with Gasteiger partial charge in [-0.3, -0.25) is 4.79 Å². The van der Waals surface area contributed by atoms with Crippen molar-refractivity contribution >= 4 is 5.91 Å². The molecule has 0 radical (unpaired) electrons. The Morgan fingerprint density at radius 3 is 2.62 bits per heavy atom. The molecule has 124 valence electrons. The van der Waals surface area contributed by atoms with Crippen LogP contribution < -0.4 is 5.73 Å². The molecule has 0 fully saturated rings. The monoisotopic (exact) mass is 326 g/mol. The van der Waals surface area contributed by atoms with Gasteiger partial charge in [-0.2, -0.15) is 0 Å². The van der Waals surface area contributed by atoms with Crippen LogP contribution in [-0.4, -0.2) is 35.6 Å². The van der Waals surface area contributed by atoms with Gasteiger partial charge in [0.05, 0.1) is 18.7 Å². The summed E-state index contributed by atoms with van der Waals surface area (Å²) < 4.78 is 13.5. The number of carbonyl (C=O) groups excluding carboxylic acids is 1. The van der Waals surface area contributed by atoms with Crippen LogP contribution in [0.15, 0.2) is 48.5 Å². The topological polar surface area (TPSA) is 66.6 Å². The molecule has 4 nitrogen and oxygen atoms in total. The molecule has 0 saturated heterocycles. The van der Waals surface area contributed by atoms with Crippen LogP contribution in [0, 0.1) is 17.7 Å². The van der Waals surface area contributed by atoms with E-state index in [4.69, 9.17) is 5.73 Å². The number of halogens is 1. The van der Waals surface area contributed by atoms with E-state index in [0.29, 0.717) is 17.7 Å². The molecule has 0 saturated carbocycles. The third kappa shape index (κ3) is 4.66. The molecule has 0 atom stereocenters. The summed E-state index contributed by atoms with van der Waals surface area (Å²) in [5.74, 6) is 4.59. The highest BCUT2D eigenvalue weighted by Crippen LogP contribution is 2.15. The third-order valence-corrected chi connectivity index (χ3v) is 3.41. The number of benzene rings is 2. The highest BCUT2D eigenvalue weighted by molar-refractivity contribution is 5.96. The summed E-state index contributed by atoms with van der Waals surface area (Å²) in [5, 5.41) is 9.27. The lowest BCUT2D eigenvalue weighted by atomic mass is 10.1. The third-order valence-electron chi connectivity index (χ3n) is 3.41. The first kappa shape index (κ1) is 17.7. The Morgan fingerprint density at radius 1 is 1.21 bits per heavy atom. The van der Waals surface area contributed by atoms with Crippen molar-refractivity contribution < 1.29 is 14.3 Å². The molecule has 0 aliphatic carbocycles. The maximum atomic E-state index is 13.5. The van der Waals surface area contributed by atoms with Crippen LogP contribution in [0.25, 0.3) is 0 Å². The van der Waals surface area contributed by atoms with Crippen molar-refractivity contribution in [2.75, 3.05) is 19.7 Å². The number of nitrogens with two attached hydrogens (primary N) is 1. The van der Waals surface area contributed by atoms with Crippen molar-refractivity contribution in [1.29, 1.82) is 0 Å². The van der Waals surface area contributed by atoms with E-state index in [2.05, 4.69) is 11.8 Å². The maximum Gasteiger partial charge on any atom is 0.255 e. The Kier molecular flexibility index (Phi) is 6.50. The minimum Gasteiger partial charge on any atom is -0.395 e. The molecule has 0 spiro atoms. The van der Waals surface area contributed by atoms with Crippen LogP contribution in [0.1, 0.15) is 21.5 Å². The summed E-state index contributed by atoms with van der Waals surface area (Å²) >= 11 is 0. The maximum absolute atomic E-state index is 13.5. The fourth-order valence-corrected chi connectivity index (χ4v) is 2.30. The van der Waals surface area contributed by atoms with E-state index < -0.39 is 5.82 Å². The molecule has 0 aliphatic heterocycles. The van der Waals surface area contributed by atoms with Crippen LogP contribution in [0.5, 0.6) is 0 Å². The number of rotatable bonds is 5. The number of nitrogens with zero attached hydrogens (tertiary/aromatic N) is 1. The second kappa shape index (κ2) is 8.82. The molecule has 0 heterocycles. The van der Waals surface area contributed by atoms with Gasteiger partial charge in [0, 0.05) is 18.7 Å². The van der Waals surface area contributed by atoms with E-state index in [1.165, 1.54) is 23.1 Å². The second-order valence-corrected chi connectivity index (χ2v) is 5.13. The van der Waals surface area contributed by atoms with Gasteiger partial charge < -0.3 is 15.7 Å². The number of aliphatic hydroxyl groups is 1. The minimum absolute atomic E-state index is 0.120. The summed E-state index contributed by atoms with van der Waals surface area (Å²) in [6.45, 7) is 0.480. The van der Waals surface area contributed by atoms with Crippen molar-refractivity contribution in [2.24, 2.45) is 5.73 Å². The first-order chi connectivity index (χ1) is 11.7. The lowest BCUT2D eigenvalue weighted by Gasteiger charge is -2.22. The molecule has 0 aromatic heterocycles. The Bertz CT molecular complexity index is 751. The van der Waals surface area contributed by atoms with Crippen molar-refractivity contribution in [2.45, 2.75) is 6.54 Å². The van der Waals surface area contributed by atoms with Gasteiger partial charge in [0.2, 0.25) is 0 Å². The zero-order valence-electron chi connectivity index (χ0n) is 13.2. The first-order valence-electron chi connectivity index (χ1n) is 7.58. The van der Waals surface area contributed by atoms with E-state index >= 15 is 0 Å². The van der Waals surface area contributed by atoms with E-state index in [0.717, 1.165) is 5.56 Å². The van der Waals surface area contributed by atoms with Gasteiger partial charge in [-0.1, -0.05) is 42.2 Å². The molecule has 3 N–H and O–H groups in total. The normalized spacial score (nSPS) is 9.96. The van der Waals surface area contributed by atoms with Crippen LogP contribution >= 0.6 is 0 Å².